The second-order valence-corrected chi connectivity index (χ2v) is 4.85. The lowest BCUT2D eigenvalue weighted by molar-refractivity contribution is 0.103. The number of carbonyl (C=O) groups is 1. The van der Waals surface area contributed by atoms with Gasteiger partial charge in [0.05, 0.1) is 11.1 Å². The quantitative estimate of drug-likeness (QED) is 0.691. The van der Waals surface area contributed by atoms with E-state index < -0.39 is 0 Å². The molecule has 0 aromatic heterocycles. The predicted octanol–water partition coefficient (Wildman–Crippen LogP) is 3.66. The number of hydrogen-bond acceptors (Lipinski definition) is 3. The van der Waals surface area contributed by atoms with Gasteiger partial charge in [-0.25, -0.2) is 0 Å². The number of ether oxygens (including phenoxy) is 1. The average molecular weight is 320 g/mol. The van der Waals surface area contributed by atoms with Gasteiger partial charge in [-0.05, 0) is 28.9 Å². The number of anilines is 1. The van der Waals surface area contributed by atoms with Crippen LogP contribution in [0.1, 0.15) is 22.8 Å². The lowest BCUT2D eigenvalue weighted by atomic mass is 10.0. The number of nitrogen functional groups attached to an aromatic ring is 1. The first kappa shape index (κ1) is 13.6. The Labute approximate surface area is 120 Å². The van der Waals surface area contributed by atoms with E-state index in [0.717, 1.165) is 4.47 Å². The number of ketones is 1. The van der Waals surface area contributed by atoms with Crippen molar-refractivity contribution in [2.24, 2.45) is 0 Å². The molecule has 0 saturated carbocycles. The molecule has 4 heteroatoms. The third-order valence-electron chi connectivity index (χ3n) is 2.68. The van der Waals surface area contributed by atoms with E-state index in [0.29, 0.717) is 29.2 Å². The predicted molar refractivity (Wildman–Crippen MR) is 79.6 cm³/mol. The molecule has 2 N–H and O–H groups in total. The minimum atomic E-state index is -0.0955. The molecule has 2 aromatic carbocycles. The molecule has 0 bridgehead atoms. The van der Waals surface area contributed by atoms with Crippen LogP contribution in [0.15, 0.2) is 46.9 Å². The van der Waals surface area contributed by atoms with Gasteiger partial charge in [0.15, 0.2) is 5.78 Å². The van der Waals surface area contributed by atoms with E-state index in [2.05, 4.69) is 15.9 Å². The van der Waals surface area contributed by atoms with Crippen molar-refractivity contribution in [1.29, 1.82) is 0 Å². The van der Waals surface area contributed by atoms with Crippen molar-refractivity contribution in [3.8, 4) is 5.75 Å². The maximum atomic E-state index is 12.3. The summed E-state index contributed by atoms with van der Waals surface area (Å²) in [7, 11) is 0. The standard InChI is InChI=1S/C15H14BrNO2/c1-2-19-14-9-13(17)11(8-12(14)16)15(18)10-6-4-3-5-7-10/h3-9H,2,17H2,1H3. The fourth-order valence-corrected chi connectivity index (χ4v) is 2.23. The first-order valence-corrected chi connectivity index (χ1v) is 6.74. The van der Waals surface area contributed by atoms with Crippen molar-refractivity contribution >= 4 is 27.4 Å². The van der Waals surface area contributed by atoms with Crippen LogP contribution in [0.2, 0.25) is 0 Å². The monoisotopic (exact) mass is 319 g/mol. The Bertz CT molecular complexity index is 597. The third-order valence-corrected chi connectivity index (χ3v) is 3.30. The Hall–Kier alpha value is -1.81. The van der Waals surface area contributed by atoms with Gasteiger partial charge in [-0.15, -0.1) is 0 Å². The summed E-state index contributed by atoms with van der Waals surface area (Å²) in [4.78, 5) is 12.3. The molecule has 0 heterocycles. The molecule has 3 nitrogen and oxygen atoms in total. The Morgan fingerprint density at radius 3 is 2.58 bits per heavy atom. The van der Waals surface area contributed by atoms with Crippen LogP contribution in [0.5, 0.6) is 5.75 Å². The molecule has 19 heavy (non-hydrogen) atoms. The number of rotatable bonds is 4. The second-order valence-electron chi connectivity index (χ2n) is 4.00. The Morgan fingerprint density at radius 2 is 1.95 bits per heavy atom. The third kappa shape index (κ3) is 2.96. The van der Waals surface area contributed by atoms with Crippen molar-refractivity contribution in [2.45, 2.75) is 6.92 Å². The maximum Gasteiger partial charge on any atom is 0.195 e. The highest BCUT2D eigenvalue weighted by Gasteiger charge is 2.15. The van der Waals surface area contributed by atoms with E-state index in [1.165, 1.54) is 0 Å². The topological polar surface area (TPSA) is 52.3 Å². The SMILES string of the molecule is CCOc1cc(N)c(C(=O)c2ccccc2)cc1Br. The zero-order chi connectivity index (χ0) is 13.8. The summed E-state index contributed by atoms with van der Waals surface area (Å²) in [5, 5.41) is 0. The highest BCUT2D eigenvalue weighted by atomic mass is 79.9. The smallest absolute Gasteiger partial charge is 0.195 e. The van der Waals surface area contributed by atoms with E-state index in [4.69, 9.17) is 10.5 Å². The number of benzene rings is 2. The minimum Gasteiger partial charge on any atom is -0.493 e. The molecule has 0 atom stereocenters. The molecule has 0 amide bonds. The zero-order valence-electron chi connectivity index (χ0n) is 10.5. The molecule has 2 rings (SSSR count). The first-order valence-electron chi connectivity index (χ1n) is 5.95. The maximum absolute atomic E-state index is 12.3. The molecular formula is C15H14BrNO2. The van der Waals surface area contributed by atoms with E-state index in [1.807, 2.05) is 25.1 Å². The number of nitrogens with two attached hydrogens (primary N) is 1. The van der Waals surface area contributed by atoms with E-state index >= 15 is 0 Å². The zero-order valence-corrected chi connectivity index (χ0v) is 12.1. The van der Waals surface area contributed by atoms with Crippen LogP contribution >= 0.6 is 15.9 Å². The van der Waals surface area contributed by atoms with Crippen LogP contribution < -0.4 is 10.5 Å². The van der Waals surface area contributed by atoms with Crippen LogP contribution in [0.3, 0.4) is 0 Å². The summed E-state index contributed by atoms with van der Waals surface area (Å²) in [6, 6.07) is 12.4. The summed E-state index contributed by atoms with van der Waals surface area (Å²) in [5.74, 6) is 0.548. The molecule has 0 aliphatic rings. The molecule has 0 aliphatic heterocycles. The minimum absolute atomic E-state index is 0.0955. The number of carbonyl (C=O) groups excluding carboxylic acids is 1. The lowest BCUT2D eigenvalue weighted by Crippen LogP contribution is -2.06. The normalized spacial score (nSPS) is 10.2. The Morgan fingerprint density at radius 1 is 1.26 bits per heavy atom. The summed E-state index contributed by atoms with van der Waals surface area (Å²) < 4.78 is 6.14. The van der Waals surface area contributed by atoms with Gasteiger partial charge >= 0.3 is 0 Å². The van der Waals surface area contributed by atoms with Gasteiger partial charge in [0, 0.05) is 22.9 Å². The molecule has 2 aromatic rings. The van der Waals surface area contributed by atoms with Crippen molar-refractivity contribution in [1.82, 2.24) is 0 Å². The van der Waals surface area contributed by atoms with E-state index in [9.17, 15) is 4.79 Å². The van der Waals surface area contributed by atoms with Crippen LogP contribution in [0.25, 0.3) is 0 Å². The Balaban J connectivity index is 2.41. The van der Waals surface area contributed by atoms with Gasteiger partial charge in [-0.1, -0.05) is 30.3 Å². The molecule has 0 radical (unpaired) electrons. The van der Waals surface area contributed by atoms with Crippen LogP contribution in [-0.4, -0.2) is 12.4 Å². The number of halogens is 1. The van der Waals surface area contributed by atoms with Gasteiger partial charge in [0.1, 0.15) is 5.75 Å². The fraction of sp³-hybridized carbons (Fsp3) is 0.133. The van der Waals surface area contributed by atoms with Gasteiger partial charge in [-0.3, -0.25) is 4.79 Å². The molecule has 0 fully saturated rings. The summed E-state index contributed by atoms with van der Waals surface area (Å²) in [6.45, 7) is 2.44. The van der Waals surface area contributed by atoms with Gasteiger partial charge in [0.2, 0.25) is 0 Å². The largest absolute Gasteiger partial charge is 0.493 e. The highest BCUT2D eigenvalue weighted by molar-refractivity contribution is 9.10. The molecule has 0 spiro atoms. The van der Waals surface area contributed by atoms with E-state index in [1.54, 1.807) is 24.3 Å². The lowest BCUT2D eigenvalue weighted by Gasteiger charge is -2.10. The second kappa shape index (κ2) is 5.89. The van der Waals surface area contributed by atoms with Crippen LogP contribution in [0, 0.1) is 0 Å². The molecule has 0 aliphatic carbocycles. The Kier molecular flexibility index (Phi) is 4.22. The van der Waals surface area contributed by atoms with Crippen LogP contribution in [-0.2, 0) is 0 Å². The van der Waals surface area contributed by atoms with Crippen molar-refractivity contribution < 1.29 is 9.53 Å². The van der Waals surface area contributed by atoms with Crippen LogP contribution in [0.4, 0.5) is 5.69 Å². The average Bonchev–Trinajstić information content (AvgIpc) is 2.43. The summed E-state index contributed by atoms with van der Waals surface area (Å²) >= 11 is 3.39. The molecule has 0 saturated heterocycles. The van der Waals surface area contributed by atoms with Gasteiger partial charge < -0.3 is 10.5 Å². The summed E-state index contributed by atoms with van der Waals surface area (Å²) in [6.07, 6.45) is 0. The van der Waals surface area contributed by atoms with Gasteiger partial charge in [-0.2, -0.15) is 0 Å². The summed E-state index contributed by atoms with van der Waals surface area (Å²) in [5.41, 5.74) is 7.44. The van der Waals surface area contributed by atoms with Crippen molar-refractivity contribution in [3.63, 3.8) is 0 Å². The van der Waals surface area contributed by atoms with E-state index in [-0.39, 0.29) is 5.78 Å². The number of hydrogen-bond donors (Lipinski definition) is 1. The van der Waals surface area contributed by atoms with Gasteiger partial charge in [0.25, 0.3) is 0 Å². The van der Waals surface area contributed by atoms with Crippen molar-refractivity contribution in [3.05, 3.63) is 58.1 Å². The fourth-order valence-electron chi connectivity index (χ4n) is 1.78. The van der Waals surface area contributed by atoms with Crippen molar-refractivity contribution in [2.75, 3.05) is 12.3 Å². The first-order chi connectivity index (χ1) is 9.13. The molecular weight excluding hydrogens is 306 g/mol. The molecule has 98 valence electrons. The molecule has 0 unspecified atom stereocenters. The highest BCUT2D eigenvalue weighted by Crippen LogP contribution is 2.31.